The van der Waals surface area contributed by atoms with Gasteiger partial charge in [0.25, 0.3) is 0 Å². The van der Waals surface area contributed by atoms with Gasteiger partial charge in [-0.3, -0.25) is 0 Å². The van der Waals surface area contributed by atoms with E-state index < -0.39 is 0 Å². The van der Waals surface area contributed by atoms with Gasteiger partial charge in [0.05, 0.1) is 0 Å². The van der Waals surface area contributed by atoms with Gasteiger partial charge in [-0.1, -0.05) is 13.8 Å². The molecule has 1 unspecified atom stereocenters. The van der Waals surface area contributed by atoms with E-state index in [9.17, 15) is 0 Å². The number of nitrogens with zero attached hydrogens (tertiary/aromatic N) is 2. The van der Waals surface area contributed by atoms with Crippen LogP contribution in [0.15, 0.2) is 0 Å². The van der Waals surface area contributed by atoms with Gasteiger partial charge in [-0.2, -0.15) is 0 Å². The van der Waals surface area contributed by atoms with E-state index in [0.717, 1.165) is 24.3 Å². The van der Waals surface area contributed by atoms with E-state index in [0.29, 0.717) is 0 Å². The maximum atomic E-state index is 5.89. The third-order valence-corrected chi connectivity index (χ3v) is 4.32. The Labute approximate surface area is 120 Å². The molecule has 1 saturated heterocycles. The molecular weight excluding hydrogens is 234 g/mol. The summed E-state index contributed by atoms with van der Waals surface area (Å²) in [5.74, 6) is 2.41. The van der Waals surface area contributed by atoms with Crippen LogP contribution in [0.25, 0.3) is 0 Å². The molecule has 0 radical (unpaired) electrons. The lowest BCUT2D eigenvalue weighted by Gasteiger charge is -2.34. The van der Waals surface area contributed by atoms with Crippen LogP contribution in [0.5, 0.6) is 0 Å². The lowest BCUT2D eigenvalue weighted by atomic mass is 9.92. The molecule has 1 aliphatic heterocycles. The third-order valence-electron chi connectivity index (χ3n) is 4.32. The lowest BCUT2D eigenvalue weighted by Crippen LogP contribution is -2.38. The standard InChI is InChI=1S/C16H35N3/c1-14(2)11-16(12-17)7-10-19-8-5-15(6-9-19)13-18(3)4/h14-16H,5-13,17H2,1-4H3. The summed E-state index contributed by atoms with van der Waals surface area (Å²) in [5.41, 5.74) is 5.89. The van der Waals surface area contributed by atoms with Crippen LogP contribution in [0, 0.1) is 17.8 Å². The summed E-state index contributed by atoms with van der Waals surface area (Å²) in [7, 11) is 4.37. The molecule has 1 atom stereocenters. The van der Waals surface area contributed by atoms with Crippen molar-refractivity contribution in [2.75, 3.05) is 46.8 Å². The molecule has 3 heteroatoms. The van der Waals surface area contributed by atoms with E-state index in [1.807, 2.05) is 0 Å². The molecule has 3 nitrogen and oxygen atoms in total. The molecule has 0 bridgehead atoms. The molecule has 0 saturated carbocycles. The Bertz CT molecular complexity index is 220. The fraction of sp³-hybridized carbons (Fsp3) is 1.00. The first-order valence-electron chi connectivity index (χ1n) is 8.08. The highest BCUT2D eigenvalue weighted by Crippen LogP contribution is 2.20. The maximum Gasteiger partial charge on any atom is 0.000451 e. The molecule has 0 amide bonds. The first kappa shape index (κ1) is 16.9. The van der Waals surface area contributed by atoms with Crippen LogP contribution in [0.1, 0.15) is 39.5 Å². The molecule has 19 heavy (non-hydrogen) atoms. The molecule has 0 spiro atoms. The SMILES string of the molecule is CC(C)CC(CN)CCN1CCC(CN(C)C)CC1. The van der Waals surface area contributed by atoms with Gasteiger partial charge < -0.3 is 15.5 Å². The minimum absolute atomic E-state index is 0.722. The average Bonchev–Trinajstić information content (AvgIpc) is 2.35. The minimum Gasteiger partial charge on any atom is -0.330 e. The van der Waals surface area contributed by atoms with Gasteiger partial charge in [0.15, 0.2) is 0 Å². The molecule has 0 aromatic carbocycles. The highest BCUT2D eigenvalue weighted by atomic mass is 15.1. The molecule has 0 aromatic heterocycles. The fourth-order valence-electron chi connectivity index (χ4n) is 3.27. The second-order valence-electron chi connectivity index (χ2n) is 7.07. The second-order valence-corrected chi connectivity index (χ2v) is 7.07. The molecule has 1 aliphatic rings. The molecule has 1 fully saturated rings. The molecule has 2 N–H and O–H groups in total. The Morgan fingerprint density at radius 3 is 2.32 bits per heavy atom. The number of likely N-dealkylation sites (tertiary alicyclic amines) is 1. The Morgan fingerprint density at radius 1 is 1.21 bits per heavy atom. The molecule has 1 rings (SSSR count). The van der Waals surface area contributed by atoms with Crippen LogP contribution in [-0.4, -0.2) is 56.6 Å². The topological polar surface area (TPSA) is 32.5 Å². The van der Waals surface area contributed by atoms with Crippen molar-refractivity contribution in [2.45, 2.75) is 39.5 Å². The number of hydrogen-bond acceptors (Lipinski definition) is 3. The molecule has 0 aliphatic carbocycles. The number of piperidine rings is 1. The van der Waals surface area contributed by atoms with Gasteiger partial charge in [0, 0.05) is 6.54 Å². The van der Waals surface area contributed by atoms with Gasteiger partial charge in [-0.25, -0.2) is 0 Å². The van der Waals surface area contributed by atoms with Crippen LogP contribution in [0.4, 0.5) is 0 Å². The smallest absolute Gasteiger partial charge is 0.000451 e. The predicted octanol–water partition coefficient (Wildman–Crippen LogP) is 2.27. The summed E-state index contributed by atoms with van der Waals surface area (Å²) in [5, 5.41) is 0. The maximum absolute atomic E-state index is 5.89. The van der Waals surface area contributed by atoms with Crippen molar-refractivity contribution >= 4 is 0 Å². The zero-order valence-corrected chi connectivity index (χ0v) is 13.6. The fourth-order valence-corrected chi connectivity index (χ4v) is 3.27. The number of nitrogens with two attached hydrogens (primary N) is 1. The predicted molar refractivity (Wildman–Crippen MR) is 84.3 cm³/mol. The van der Waals surface area contributed by atoms with Crippen LogP contribution in [0.2, 0.25) is 0 Å². The zero-order chi connectivity index (χ0) is 14.3. The normalized spacial score (nSPS) is 20.4. The van der Waals surface area contributed by atoms with Crippen molar-refractivity contribution in [2.24, 2.45) is 23.5 Å². The number of rotatable bonds is 8. The van der Waals surface area contributed by atoms with E-state index in [4.69, 9.17) is 5.73 Å². The van der Waals surface area contributed by atoms with Gasteiger partial charge in [0.2, 0.25) is 0 Å². The highest BCUT2D eigenvalue weighted by molar-refractivity contribution is 4.75. The Morgan fingerprint density at radius 2 is 1.84 bits per heavy atom. The van der Waals surface area contributed by atoms with Crippen LogP contribution >= 0.6 is 0 Å². The average molecular weight is 269 g/mol. The van der Waals surface area contributed by atoms with Crippen molar-refractivity contribution in [3.63, 3.8) is 0 Å². The van der Waals surface area contributed by atoms with E-state index in [1.165, 1.54) is 51.9 Å². The molecule has 0 aromatic rings. The van der Waals surface area contributed by atoms with Gasteiger partial charge in [0.1, 0.15) is 0 Å². The van der Waals surface area contributed by atoms with Crippen LogP contribution < -0.4 is 5.73 Å². The third kappa shape index (κ3) is 7.28. The van der Waals surface area contributed by atoms with Crippen molar-refractivity contribution < 1.29 is 0 Å². The molecule has 114 valence electrons. The van der Waals surface area contributed by atoms with Gasteiger partial charge >= 0.3 is 0 Å². The van der Waals surface area contributed by atoms with E-state index >= 15 is 0 Å². The van der Waals surface area contributed by atoms with Gasteiger partial charge in [-0.15, -0.1) is 0 Å². The summed E-state index contributed by atoms with van der Waals surface area (Å²) in [4.78, 5) is 4.97. The summed E-state index contributed by atoms with van der Waals surface area (Å²) < 4.78 is 0. The summed E-state index contributed by atoms with van der Waals surface area (Å²) in [6.45, 7) is 10.5. The first-order chi connectivity index (χ1) is 9.01. The van der Waals surface area contributed by atoms with E-state index in [-0.39, 0.29) is 0 Å². The monoisotopic (exact) mass is 269 g/mol. The highest BCUT2D eigenvalue weighted by Gasteiger charge is 2.20. The van der Waals surface area contributed by atoms with Crippen molar-refractivity contribution in [1.82, 2.24) is 9.80 Å². The Balaban J connectivity index is 2.18. The van der Waals surface area contributed by atoms with E-state index in [1.54, 1.807) is 0 Å². The summed E-state index contributed by atoms with van der Waals surface area (Å²) >= 11 is 0. The van der Waals surface area contributed by atoms with Crippen molar-refractivity contribution in [1.29, 1.82) is 0 Å². The van der Waals surface area contributed by atoms with Crippen molar-refractivity contribution in [3.8, 4) is 0 Å². The largest absolute Gasteiger partial charge is 0.330 e. The second kappa shape index (κ2) is 8.93. The first-order valence-corrected chi connectivity index (χ1v) is 8.08. The Hall–Kier alpha value is -0.120. The van der Waals surface area contributed by atoms with Crippen LogP contribution in [-0.2, 0) is 0 Å². The van der Waals surface area contributed by atoms with Crippen molar-refractivity contribution in [3.05, 3.63) is 0 Å². The molecule has 1 heterocycles. The summed E-state index contributed by atoms with van der Waals surface area (Å²) in [6, 6.07) is 0. The summed E-state index contributed by atoms with van der Waals surface area (Å²) in [6.07, 6.45) is 5.31. The molecular formula is C16H35N3. The Kier molecular flexibility index (Phi) is 7.96. The van der Waals surface area contributed by atoms with E-state index in [2.05, 4.69) is 37.7 Å². The number of hydrogen-bond donors (Lipinski definition) is 1. The minimum atomic E-state index is 0.722. The van der Waals surface area contributed by atoms with Gasteiger partial charge in [-0.05, 0) is 83.7 Å². The quantitative estimate of drug-likeness (QED) is 0.734. The van der Waals surface area contributed by atoms with Crippen LogP contribution in [0.3, 0.4) is 0 Å². The zero-order valence-electron chi connectivity index (χ0n) is 13.6. The lowest BCUT2D eigenvalue weighted by molar-refractivity contribution is 0.153.